The molecule has 0 unspecified atom stereocenters. The van der Waals surface area contributed by atoms with Crippen LogP contribution in [0, 0.1) is 5.82 Å². The third-order valence-corrected chi connectivity index (χ3v) is 5.33. The second-order valence-corrected chi connectivity index (χ2v) is 7.19. The molecule has 4 nitrogen and oxygen atoms in total. The van der Waals surface area contributed by atoms with Crippen molar-refractivity contribution in [1.82, 2.24) is 4.90 Å². The molecule has 1 saturated heterocycles. The van der Waals surface area contributed by atoms with E-state index in [9.17, 15) is 12.8 Å². The summed E-state index contributed by atoms with van der Waals surface area (Å²) >= 11 is 5.18. The lowest BCUT2D eigenvalue weighted by atomic mass is 10.2. The van der Waals surface area contributed by atoms with Gasteiger partial charge >= 0.3 is 0 Å². The Balaban J connectivity index is 2.03. The standard InChI is InChI=1S/C12H15FN2O2S2/c1-15(9-6-7-19(16,17)8-9)12(18)14-11-5-3-2-4-10(11)13/h2-5,9H,6-8H2,1H3,(H,14,18)/t9-/m1/s1. The number of halogens is 1. The summed E-state index contributed by atoms with van der Waals surface area (Å²) in [6, 6.07) is 6.08. The van der Waals surface area contributed by atoms with Crippen LogP contribution in [0.25, 0.3) is 0 Å². The van der Waals surface area contributed by atoms with Crippen molar-refractivity contribution in [2.24, 2.45) is 0 Å². The van der Waals surface area contributed by atoms with E-state index in [1.165, 1.54) is 6.07 Å². The number of anilines is 1. The fourth-order valence-corrected chi connectivity index (χ4v) is 4.05. The van der Waals surface area contributed by atoms with Crippen LogP contribution in [0.5, 0.6) is 0 Å². The molecule has 104 valence electrons. The molecule has 2 rings (SSSR count). The van der Waals surface area contributed by atoms with Gasteiger partial charge in [0.1, 0.15) is 5.82 Å². The molecule has 0 aromatic heterocycles. The number of hydrogen-bond acceptors (Lipinski definition) is 3. The van der Waals surface area contributed by atoms with Crippen LogP contribution >= 0.6 is 12.2 Å². The zero-order chi connectivity index (χ0) is 14.0. The first kappa shape index (κ1) is 14.2. The molecule has 1 atom stereocenters. The molecule has 0 radical (unpaired) electrons. The molecule has 1 aromatic rings. The lowest BCUT2D eigenvalue weighted by Crippen LogP contribution is -2.40. The zero-order valence-corrected chi connectivity index (χ0v) is 12.1. The highest BCUT2D eigenvalue weighted by Crippen LogP contribution is 2.18. The molecule has 1 fully saturated rings. The third kappa shape index (κ3) is 3.42. The highest BCUT2D eigenvalue weighted by atomic mass is 32.2. The average molecular weight is 302 g/mol. The maximum absolute atomic E-state index is 13.5. The number of nitrogens with one attached hydrogen (secondary N) is 1. The Morgan fingerprint density at radius 2 is 2.16 bits per heavy atom. The van der Waals surface area contributed by atoms with Gasteiger partial charge in [-0.2, -0.15) is 0 Å². The summed E-state index contributed by atoms with van der Waals surface area (Å²) in [6.07, 6.45) is 0.553. The van der Waals surface area contributed by atoms with Gasteiger partial charge in [0.05, 0.1) is 17.2 Å². The number of nitrogens with zero attached hydrogens (tertiary/aromatic N) is 1. The summed E-state index contributed by atoms with van der Waals surface area (Å²) in [5.74, 6) is -0.107. The van der Waals surface area contributed by atoms with Gasteiger partial charge in [-0.05, 0) is 30.8 Å². The number of benzene rings is 1. The van der Waals surface area contributed by atoms with Crippen LogP contribution in [0.1, 0.15) is 6.42 Å². The van der Waals surface area contributed by atoms with Gasteiger partial charge in [0.2, 0.25) is 0 Å². The van der Waals surface area contributed by atoms with Crippen LogP contribution in [0.3, 0.4) is 0 Å². The van der Waals surface area contributed by atoms with Crippen LogP contribution < -0.4 is 5.32 Å². The van der Waals surface area contributed by atoms with Gasteiger partial charge < -0.3 is 10.2 Å². The number of hydrogen-bond donors (Lipinski definition) is 1. The molecular weight excluding hydrogens is 287 g/mol. The van der Waals surface area contributed by atoms with Gasteiger partial charge in [0, 0.05) is 13.1 Å². The topological polar surface area (TPSA) is 49.4 Å². The maximum Gasteiger partial charge on any atom is 0.173 e. The molecule has 1 N–H and O–H groups in total. The molecule has 0 amide bonds. The smallest absolute Gasteiger partial charge is 0.173 e. The number of sulfone groups is 1. The van der Waals surface area contributed by atoms with Crippen molar-refractivity contribution in [3.05, 3.63) is 30.1 Å². The lowest BCUT2D eigenvalue weighted by molar-refractivity contribution is 0.402. The number of thiocarbonyl (C=S) groups is 1. The Kier molecular flexibility index (Phi) is 4.05. The molecule has 1 aliphatic heterocycles. The molecule has 0 spiro atoms. The predicted molar refractivity (Wildman–Crippen MR) is 77.4 cm³/mol. The van der Waals surface area contributed by atoms with E-state index < -0.39 is 15.7 Å². The van der Waals surface area contributed by atoms with Crippen LogP contribution in [0.15, 0.2) is 24.3 Å². The van der Waals surface area contributed by atoms with Crippen molar-refractivity contribution in [3.63, 3.8) is 0 Å². The van der Waals surface area contributed by atoms with Crippen molar-refractivity contribution in [3.8, 4) is 0 Å². The fourth-order valence-electron chi connectivity index (χ4n) is 2.01. The van der Waals surface area contributed by atoms with Gasteiger partial charge in [0.15, 0.2) is 14.9 Å². The molecule has 1 aromatic carbocycles. The molecule has 1 aliphatic rings. The number of para-hydroxylation sites is 1. The predicted octanol–water partition coefficient (Wildman–Crippen LogP) is 1.64. The fraction of sp³-hybridized carbons (Fsp3) is 0.417. The molecule has 0 bridgehead atoms. The summed E-state index contributed by atoms with van der Waals surface area (Å²) in [6.45, 7) is 0. The summed E-state index contributed by atoms with van der Waals surface area (Å²) in [5.41, 5.74) is 0.292. The molecular formula is C12H15FN2O2S2. The lowest BCUT2D eigenvalue weighted by Gasteiger charge is -2.26. The van der Waals surface area contributed by atoms with Crippen LogP contribution in [-0.4, -0.2) is 43.0 Å². The van der Waals surface area contributed by atoms with Crippen molar-refractivity contribution in [1.29, 1.82) is 0 Å². The number of rotatable bonds is 2. The SMILES string of the molecule is CN(C(=S)Nc1ccccc1F)[C@@H]1CCS(=O)(=O)C1. The molecule has 0 saturated carbocycles. The van der Waals surface area contributed by atoms with E-state index in [1.807, 2.05) is 0 Å². The van der Waals surface area contributed by atoms with E-state index in [0.717, 1.165) is 0 Å². The van der Waals surface area contributed by atoms with Gasteiger partial charge in [0.25, 0.3) is 0 Å². The highest BCUT2D eigenvalue weighted by molar-refractivity contribution is 7.91. The van der Waals surface area contributed by atoms with Crippen LogP contribution in [-0.2, 0) is 9.84 Å². The van der Waals surface area contributed by atoms with E-state index >= 15 is 0 Å². The van der Waals surface area contributed by atoms with Crippen molar-refractivity contribution >= 4 is 32.9 Å². The van der Waals surface area contributed by atoms with E-state index in [1.54, 1.807) is 30.1 Å². The monoisotopic (exact) mass is 302 g/mol. The highest BCUT2D eigenvalue weighted by Gasteiger charge is 2.31. The Hall–Kier alpha value is -1.21. The van der Waals surface area contributed by atoms with E-state index in [-0.39, 0.29) is 17.5 Å². The maximum atomic E-state index is 13.5. The van der Waals surface area contributed by atoms with Crippen LogP contribution in [0.2, 0.25) is 0 Å². The molecule has 7 heteroatoms. The van der Waals surface area contributed by atoms with Crippen molar-refractivity contribution < 1.29 is 12.8 Å². The molecule has 1 heterocycles. The second-order valence-electron chi connectivity index (χ2n) is 4.58. The van der Waals surface area contributed by atoms with Gasteiger partial charge in [-0.3, -0.25) is 0 Å². The van der Waals surface area contributed by atoms with Gasteiger partial charge in [-0.25, -0.2) is 12.8 Å². The van der Waals surface area contributed by atoms with E-state index in [4.69, 9.17) is 12.2 Å². The summed E-state index contributed by atoms with van der Waals surface area (Å²) in [7, 11) is -1.23. The largest absolute Gasteiger partial charge is 0.348 e. The van der Waals surface area contributed by atoms with Crippen LogP contribution in [0.4, 0.5) is 10.1 Å². The first-order valence-electron chi connectivity index (χ1n) is 5.88. The zero-order valence-electron chi connectivity index (χ0n) is 10.5. The minimum absolute atomic E-state index is 0.0998. The first-order chi connectivity index (χ1) is 8.89. The van der Waals surface area contributed by atoms with Crippen molar-refractivity contribution in [2.75, 3.05) is 23.9 Å². The van der Waals surface area contributed by atoms with Crippen molar-refractivity contribution in [2.45, 2.75) is 12.5 Å². The Labute approximate surface area is 117 Å². The Morgan fingerprint density at radius 1 is 1.47 bits per heavy atom. The van der Waals surface area contributed by atoms with E-state index in [2.05, 4.69) is 5.32 Å². The minimum atomic E-state index is -2.96. The summed E-state index contributed by atoms with van der Waals surface area (Å²) in [5, 5.41) is 3.13. The normalized spacial score (nSPS) is 21.1. The second kappa shape index (κ2) is 5.42. The van der Waals surface area contributed by atoms with E-state index in [0.29, 0.717) is 17.2 Å². The summed E-state index contributed by atoms with van der Waals surface area (Å²) < 4.78 is 36.3. The molecule has 19 heavy (non-hydrogen) atoms. The summed E-state index contributed by atoms with van der Waals surface area (Å²) in [4.78, 5) is 1.69. The van der Waals surface area contributed by atoms with Gasteiger partial charge in [-0.15, -0.1) is 0 Å². The Morgan fingerprint density at radius 3 is 2.74 bits per heavy atom. The minimum Gasteiger partial charge on any atom is -0.348 e. The van der Waals surface area contributed by atoms with Gasteiger partial charge in [-0.1, -0.05) is 12.1 Å². The third-order valence-electron chi connectivity index (χ3n) is 3.19. The Bertz CT molecular complexity index is 589. The molecule has 0 aliphatic carbocycles. The first-order valence-corrected chi connectivity index (χ1v) is 8.11. The average Bonchev–Trinajstić information content (AvgIpc) is 2.71. The quantitative estimate of drug-likeness (QED) is 0.842.